The van der Waals surface area contributed by atoms with Crippen molar-refractivity contribution in [2.24, 2.45) is 5.92 Å². The molecule has 1 aromatic rings. The summed E-state index contributed by atoms with van der Waals surface area (Å²) < 4.78 is 10.6. The van der Waals surface area contributed by atoms with Crippen molar-refractivity contribution < 1.29 is 9.47 Å². The topological polar surface area (TPSA) is 18.5 Å². The van der Waals surface area contributed by atoms with E-state index in [4.69, 9.17) is 21.1 Å². The van der Waals surface area contributed by atoms with E-state index < -0.39 is 0 Å². The molecule has 0 N–H and O–H groups in total. The van der Waals surface area contributed by atoms with E-state index in [9.17, 15) is 0 Å². The lowest BCUT2D eigenvalue weighted by Gasteiger charge is -2.21. The number of hydrogen-bond donors (Lipinski definition) is 0. The smallest absolute Gasteiger partial charge is 0.162 e. The van der Waals surface area contributed by atoms with E-state index >= 15 is 0 Å². The van der Waals surface area contributed by atoms with Crippen LogP contribution >= 0.6 is 27.5 Å². The van der Waals surface area contributed by atoms with Crippen LogP contribution < -0.4 is 9.47 Å². The molecule has 0 bridgehead atoms. The van der Waals surface area contributed by atoms with Gasteiger partial charge in [-0.05, 0) is 24.0 Å². The summed E-state index contributed by atoms with van der Waals surface area (Å²) in [4.78, 5) is 0.228. The zero-order valence-corrected chi connectivity index (χ0v) is 14.3. The van der Waals surface area contributed by atoms with Gasteiger partial charge in [-0.15, -0.1) is 0 Å². The summed E-state index contributed by atoms with van der Waals surface area (Å²) in [6.07, 6.45) is 3.62. The molecule has 0 saturated carbocycles. The molecule has 4 heteroatoms. The number of benzene rings is 1. The minimum absolute atomic E-state index is 0.228. The van der Waals surface area contributed by atoms with Crippen LogP contribution in [-0.2, 0) is 0 Å². The zero-order chi connectivity index (χ0) is 14.4. The summed E-state index contributed by atoms with van der Waals surface area (Å²) in [5.41, 5.74) is 1.06. The summed E-state index contributed by atoms with van der Waals surface area (Å²) >= 11 is 10.1. The van der Waals surface area contributed by atoms with Crippen molar-refractivity contribution in [2.75, 3.05) is 14.2 Å². The van der Waals surface area contributed by atoms with Gasteiger partial charge >= 0.3 is 0 Å². The fourth-order valence-electron chi connectivity index (χ4n) is 2.06. The van der Waals surface area contributed by atoms with E-state index in [1.54, 1.807) is 14.2 Å². The molecule has 2 atom stereocenters. The molecule has 2 nitrogen and oxygen atoms in total. The number of alkyl halides is 1. The van der Waals surface area contributed by atoms with Crippen molar-refractivity contribution in [3.05, 3.63) is 22.7 Å². The Labute approximate surface area is 129 Å². The predicted octanol–water partition coefficient (Wildman–Crippen LogP) is 5.62. The first-order valence-corrected chi connectivity index (χ1v) is 7.89. The standard InChI is InChI=1S/C15H22BrClO2/c1-5-6-7-10(2)15(16)11-8-13(18-3)14(19-4)9-12(11)17/h8-10,15H,5-7H2,1-4H3. The maximum atomic E-state index is 6.34. The van der Waals surface area contributed by atoms with Crippen LogP contribution in [0, 0.1) is 5.92 Å². The third kappa shape index (κ3) is 4.28. The highest BCUT2D eigenvalue weighted by molar-refractivity contribution is 9.09. The largest absolute Gasteiger partial charge is 0.493 e. The molecule has 0 aromatic heterocycles. The fourth-order valence-corrected chi connectivity index (χ4v) is 3.11. The normalized spacial score (nSPS) is 14.0. The molecular formula is C15H22BrClO2. The summed E-state index contributed by atoms with van der Waals surface area (Å²) in [6, 6.07) is 3.78. The van der Waals surface area contributed by atoms with Gasteiger partial charge in [-0.3, -0.25) is 0 Å². The number of hydrogen-bond acceptors (Lipinski definition) is 2. The molecule has 0 aliphatic heterocycles. The fraction of sp³-hybridized carbons (Fsp3) is 0.600. The number of methoxy groups -OCH3 is 2. The Kier molecular flexibility index (Phi) is 7.01. The second kappa shape index (κ2) is 8.01. The van der Waals surface area contributed by atoms with E-state index in [1.807, 2.05) is 12.1 Å². The van der Waals surface area contributed by atoms with Gasteiger partial charge < -0.3 is 9.47 Å². The minimum atomic E-state index is 0.228. The lowest BCUT2D eigenvalue weighted by atomic mass is 9.95. The lowest BCUT2D eigenvalue weighted by molar-refractivity contribution is 0.354. The van der Waals surface area contributed by atoms with Crippen molar-refractivity contribution >= 4 is 27.5 Å². The Bertz CT molecular complexity index is 409. The molecule has 0 radical (unpaired) electrons. The van der Waals surface area contributed by atoms with E-state index in [0.717, 1.165) is 5.56 Å². The van der Waals surface area contributed by atoms with Crippen LogP contribution in [0.15, 0.2) is 12.1 Å². The highest BCUT2D eigenvalue weighted by Crippen LogP contribution is 2.42. The maximum absolute atomic E-state index is 6.34. The molecule has 0 saturated heterocycles. The molecular weight excluding hydrogens is 328 g/mol. The molecule has 1 rings (SSSR count). The van der Waals surface area contributed by atoms with Gasteiger partial charge in [-0.25, -0.2) is 0 Å². The first kappa shape index (κ1) is 16.6. The van der Waals surface area contributed by atoms with E-state index in [-0.39, 0.29) is 4.83 Å². The molecule has 0 fully saturated rings. The molecule has 0 amide bonds. The van der Waals surface area contributed by atoms with Crippen LogP contribution in [0.3, 0.4) is 0 Å². The monoisotopic (exact) mass is 348 g/mol. The van der Waals surface area contributed by atoms with Crippen LogP contribution in [0.4, 0.5) is 0 Å². The molecule has 108 valence electrons. The summed E-state index contributed by atoms with van der Waals surface area (Å²) in [5.74, 6) is 1.90. The molecule has 0 aliphatic carbocycles. The number of unbranched alkanes of at least 4 members (excludes halogenated alkanes) is 1. The van der Waals surface area contributed by atoms with Gasteiger partial charge in [-0.1, -0.05) is 54.2 Å². The first-order chi connectivity index (χ1) is 9.04. The predicted molar refractivity (Wildman–Crippen MR) is 84.9 cm³/mol. The van der Waals surface area contributed by atoms with Crippen LogP contribution in [0.2, 0.25) is 5.02 Å². The molecule has 2 unspecified atom stereocenters. The van der Waals surface area contributed by atoms with Crippen molar-refractivity contribution in [3.8, 4) is 11.5 Å². The quantitative estimate of drug-likeness (QED) is 0.595. The highest BCUT2D eigenvalue weighted by Gasteiger charge is 2.21. The minimum Gasteiger partial charge on any atom is -0.493 e. The molecule has 0 aliphatic rings. The van der Waals surface area contributed by atoms with E-state index in [0.29, 0.717) is 22.4 Å². The number of halogens is 2. The van der Waals surface area contributed by atoms with Crippen LogP contribution in [-0.4, -0.2) is 14.2 Å². The summed E-state index contributed by atoms with van der Waals surface area (Å²) in [5, 5.41) is 0.711. The lowest BCUT2D eigenvalue weighted by Crippen LogP contribution is -2.05. The average Bonchev–Trinajstić information content (AvgIpc) is 2.43. The second-order valence-corrected chi connectivity index (χ2v) is 6.14. The van der Waals surface area contributed by atoms with Crippen molar-refractivity contribution in [2.45, 2.75) is 37.9 Å². The van der Waals surface area contributed by atoms with E-state index in [2.05, 4.69) is 29.8 Å². The maximum Gasteiger partial charge on any atom is 0.162 e. The van der Waals surface area contributed by atoms with Gasteiger partial charge in [0.2, 0.25) is 0 Å². The van der Waals surface area contributed by atoms with Crippen LogP contribution in [0.25, 0.3) is 0 Å². The first-order valence-electron chi connectivity index (χ1n) is 6.60. The van der Waals surface area contributed by atoms with Crippen LogP contribution in [0.5, 0.6) is 11.5 Å². The van der Waals surface area contributed by atoms with Gasteiger partial charge in [0.05, 0.1) is 14.2 Å². The molecule has 0 heterocycles. The zero-order valence-electron chi connectivity index (χ0n) is 12.0. The van der Waals surface area contributed by atoms with Crippen molar-refractivity contribution in [1.82, 2.24) is 0 Å². The van der Waals surface area contributed by atoms with Gasteiger partial charge in [0.15, 0.2) is 11.5 Å². The Morgan fingerprint density at radius 1 is 1.21 bits per heavy atom. The third-order valence-corrected chi connectivity index (χ3v) is 5.04. The summed E-state index contributed by atoms with van der Waals surface area (Å²) in [6.45, 7) is 4.45. The van der Waals surface area contributed by atoms with Gasteiger partial charge in [0.1, 0.15) is 0 Å². The number of rotatable bonds is 7. The molecule has 0 spiro atoms. The Morgan fingerprint density at radius 2 is 1.79 bits per heavy atom. The van der Waals surface area contributed by atoms with Gasteiger partial charge in [0.25, 0.3) is 0 Å². The second-order valence-electron chi connectivity index (χ2n) is 4.75. The molecule has 1 aromatic carbocycles. The Hall–Kier alpha value is -0.410. The Morgan fingerprint density at radius 3 is 2.32 bits per heavy atom. The van der Waals surface area contributed by atoms with Gasteiger partial charge in [0, 0.05) is 15.9 Å². The Balaban J connectivity index is 2.99. The van der Waals surface area contributed by atoms with E-state index in [1.165, 1.54) is 19.3 Å². The van der Waals surface area contributed by atoms with Crippen molar-refractivity contribution in [1.29, 1.82) is 0 Å². The number of ether oxygens (including phenoxy) is 2. The molecule has 19 heavy (non-hydrogen) atoms. The SMILES string of the molecule is CCCCC(C)C(Br)c1cc(OC)c(OC)cc1Cl. The average molecular weight is 350 g/mol. The highest BCUT2D eigenvalue weighted by atomic mass is 79.9. The van der Waals surface area contributed by atoms with Crippen LogP contribution in [0.1, 0.15) is 43.5 Å². The van der Waals surface area contributed by atoms with Crippen molar-refractivity contribution in [3.63, 3.8) is 0 Å². The van der Waals surface area contributed by atoms with Gasteiger partial charge in [-0.2, -0.15) is 0 Å². The third-order valence-electron chi connectivity index (χ3n) is 3.31. The summed E-state index contributed by atoms with van der Waals surface area (Å²) in [7, 11) is 3.25.